The number of benzene rings is 2. The molecule has 1 fully saturated rings. The fraction of sp³-hybridized carbons (Fsp3) is 0.333. The van der Waals surface area contributed by atoms with Gasteiger partial charge in [-0.1, -0.05) is 54.6 Å². The maximum absolute atomic E-state index is 6.10. The predicted octanol–water partition coefficient (Wildman–Crippen LogP) is 5.04. The lowest BCUT2D eigenvalue weighted by Crippen LogP contribution is -2.24. The van der Waals surface area contributed by atoms with E-state index in [2.05, 4.69) is 18.7 Å². The third-order valence-corrected chi connectivity index (χ3v) is 4.11. The molecule has 0 aliphatic carbocycles. The maximum atomic E-state index is 6.10. The first-order valence-corrected chi connectivity index (χ1v) is 8.52. The molecule has 2 atom stereocenters. The van der Waals surface area contributed by atoms with E-state index in [1.807, 2.05) is 48.5 Å². The Morgan fingerprint density at radius 3 is 2.62 bits per heavy atom. The van der Waals surface area contributed by atoms with Crippen LogP contribution in [0.5, 0.6) is 5.75 Å². The van der Waals surface area contributed by atoms with Crippen LogP contribution in [0, 0.1) is 0 Å². The van der Waals surface area contributed by atoms with Crippen LogP contribution in [0.4, 0.5) is 0 Å². The van der Waals surface area contributed by atoms with Crippen LogP contribution in [0.3, 0.4) is 0 Å². The van der Waals surface area contributed by atoms with E-state index in [9.17, 15) is 0 Å². The number of rotatable bonds is 7. The van der Waals surface area contributed by atoms with Crippen LogP contribution in [0.25, 0.3) is 0 Å². The Balaban J connectivity index is 1.70. The monoisotopic (exact) mass is 324 g/mol. The highest BCUT2D eigenvalue weighted by Gasteiger charge is 2.21. The zero-order chi connectivity index (χ0) is 16.6. The van der Waals surface area contributed by atoms with Gasteiger partial charge in [0, 0.05) is 12.2 Å². The molecule has 3 nitrogen and oxygen atoms in total. The molecule has 3 heteroatoms. The molecule has 1 aliphatic rings. The molecule has 0 spiro atoms. The quantitative estimate of drug-likeness (QED) is 0.668. The first-order chi connectivity index (χ1) is 11.9. The van der Waals surface area contributed by atoms with Gasteiger partial charge in [-0.05, 0) is 30.9 Å². The minimum absolute atomic E-state index is 0.163. The molecule has 126 valence electrons. The lowest BCUT2D eigenvalue weighted by Gasteiger charge is -2.27. The Morgan fingerprint density at radius 2 is 1.88 bits per heavy atom. The Kier molecular flexibility index (Phi) is 6.05. The van der Waals surface area contributed by atoms with Gasteiger partial charge in [0.1, 0.15) is 18.5 Å². The van der Waals surface area contributed by atoms with Crippen molar-refractivity contribution in [3.8, 4) is 5.75 Å². The summed E-state index contributed by atoms with van der Waals surface area (Å²) < 4.78 is 17.8. The summed E-state index contributed by atoms with van der Waals surface area (Å²) in [6.07, 6.45) is 4.58. The van der Waals surface area contributed by atoms with Crippen molar-refractivity contribution in [2.75, 3.05) is 6.61 Å². The summed E-state index contributed by atoms with van der Waals surface area (Å²) in [5, 5.41) is 0. The van der Waals surface area contributed by atoms with Crippen LogP contribution in [0.15, 0.2) is 67.3 Å². The molecule has 1 heterocycles. The van der Waals surface area contributed by atoms with Gasteiger partial charge in [0.15, 0.2) is 6.29 Å². The van der Waals surface area contributed by atoms with Gasteiger partial charge in [0.05, 0.1) is 0 Å². The van der Waals surface area contributed by atoms with E-state index in [1.165, 1.54) is 0 Å². The smallest absolute Gasteiger partial charge is 0.158 e. The van der Waals surface area contributed by atoms with Gasteiger partial charge in [-0.25, -0.2) is 0 Å². The first-order valence-electron chi connectivity index (χ1n) is 8.52. The first kappa shape index (κ1) is 16.7. The molecule has 0 aromatic heterocycles. The second-order valence-electron chi connectivity index (χ2n) is 5.90. The van der Waals surface area contributed by atoms with Crippen molar-refractivity contribution in [3.63, 3.8) is 0 Å². The van der Waals surface area contributed by atoms with Crippen LogP contribution in [0.2, 0.25) is 0 Å². The third kappa shape index (κ3) is 4.47. The number of para-hydroxylation sites is 1. The van der Waals surface area contributed by atoms with Crippen molar-refractivity contribution in [1.29, 1.82) is 0 Å². The van der Waals surface area contributed by atoms with E-state index < -0.39 is 0 Å². The van der Waals surface area contributed by atoms with E-state index in [4.69, 9.17) is 14.2 Å². The SMILES string of the molecule is C=CC(OC1CCCCO1)c1ccccc1OCc1ccccc1. The van der Waals surface area contributed by atoms with Gasteiger partial charge >= 0.3 is 0 Å². The lowest BCUT2D eigenvalue weighted by molar-refractivity contribution is -0.180. The summed E-state index contributed by atoms with van der Waals surface area (Å²) in [6, 6.07) is 18.1. The molecule has 0 saturated carbocycles. The Morgan fingerprint density at radius 1 is 1.08 bits per heavy atom. The van der Waals surface area contributed by atoms with Gasteiger partial charge in [-0.3, -0.25) is 0 Å². The molecule has 24 heavy (non-hydrogen) atoms. The highest BCUT2D eigenvalue weighted by atomic mass is 16.7. The molecule has 0 radical (unpaired) electrons. The topological polar surface area (TPSA) is 27.7 Å². The summed E-state index contributed by atoms with van der Waals surface area (Å²) in [4.78, 5) is 0. The van der Waals surface area contributed by atoms with Gasteiger partial charge in [0.2, 0.25) is 0 Å². The molecular formula is C21H24O3. The van der Waals surface area contributed by atoms with Crippen molar-refractivity contribution in [2.24, 2.45) is 0 Å². The van der Waals surface area contributed by atoms with Crippen molar-refractivity contribution in [1.82, 2.24) is 0 Å². The maximum Gasteiger partial charge on any atom is 0.158 e. The minimum atomic E-state index is -0.236. The third-order valence-electron chi connectivity index (χ3n) is 4.11. The number of ether oxygens (including phenoxy) is 3. The molecule has 1 aliphatic heterocycles. The summed E-state index contributed by atoms with van der Waals surface area (Å²) in [5.74, 6) is 0.821. The molecule has 2 unspecified atom stereocenters. The molecule has 0 bridgehead atoms. The second kappa shape index (κ2) is 8.67. The van der Waals surface area contributed by atoms with Crippen molar-refractivity contribution < 1.29 is 14.2 Å². The van der Waals surface area contributed by atoms with Crippen LogP contribution in [0.1, 0.15) is 36.5 Å². The van der Waals surface area contributed by atoms with Gasteiger partial charge in [-0.15, -0.1) is 6.58 Å². The normalized spacial score (nSPS) is 18.8. The average molecular weight is 324 g/mol. The fourth-order valence-corrected chi connectivity index (χ4v) is 2.82. The minimum Gasteiger partial charge on any atom is -0.489 e. The lowest BCUT2D eigenvalue weighted by atomic mass is 10.1. The van der Waals surface area contributed by atoms with E-state index in [-0.39, 0.29) is 12.4 Å². The Hall–Kier alpha value is -2.10. The van der Waals surface area contributed by atoms with Gasteiger partial charge in [-0.2, -0.15) is 0 Å². The highest BCUT2D eigenvalue weighted by Crippen LogP contribution is 2.31. The molecule has 2 aromatic carbocycles. The fourth-order valence-electron chi connectivity index (χ4n) is 2.82. The van der Waals surface area contributed by atoms with Crippen molar-refractivity contribution >= 4 is 0 Å². The molecular weight excluding hydrogens is 300 g/mol. The van der Waals surface area contributed by atoms with Gasteiger partial charge < -0.3 is 14.2 Å². The largest absolute Gasteiger partial charge is 0.489 e. The average Bonchev–Trinajstić information content (AvgIpc) is 2.66. The van der Waals surface area contributed by atoms with E-state index >= 15 is 0 Å². The van der Waals surface area contributed by atoms with Crippen LogP contribution in [-0.4, -0.2) is 12.9 Å². The van der Waals surface area contributed by atoms with Crippen LogP contribution >= 0.6 is 0 Å². The predicted molar refractivity (Wildman–Crippen MR) is 94.8 cm³/mol. The molecule has 2 aromatic rings. The molecule has 0 N–H and O–H groups in total. The molecule has 3 rings (SSSR count). The Labute approximate surface area is 143 Å². The van der Waals surface area contributed by atoms with Gasteiger partial charge in [0.25, 0.3) is 0 Å². The zero-order valence-electron chi connectivity index (χ0n) is 13.9. The molecule has 1 saturated heterocycles. The Bertz CT molecular complexity index is 633. The van der Waals surface area contributed by atoms with E-state index in [0.29, 0.717) is 6.61 Å². The summed E-state index contributed by atoms with van der Waals surface area (Å²) in [7, 11) is 0. The van der Waals surface area contributed by atoms with E-state index in [1.54, 1.807) is 0 Å². The second-order valence-corrected chi connectivity index (χ2v) is 5.90. The molecule has 0 amide bonds. The standard InChI is InChI=1S/C21H24O3/c1-2-19(24-21-14-8-9-15-22-21)18-12-6-7-13-20(18)23-16-17-10-4-3-5-11-17/h2-7,10-13,19,21H,1,8-9,14-16H2. The van der Waals surface area contributed by atoms with Crippen molar-refractivity contribution in [3.05, 3.63) is 78.4 Å². The van der Waals surface area contributed by atoms with Crippen LogP contribution in [-0.2, 0) is 16.1 Å². The van der Waals surface area contributed by atoms with Crippen LogP contribution < -0.4 is 4.74 Å². The number of hydrogen-bond acceptors (Lipinski definition) is 3. The summed E-state index contributed by atoms with van der Waals surface area (Å²) in [5.41, 5.74) is 2.12. The van der Waals surface area contributed by atoms with Crippen molar-refractivity contribution in [2.45, 2.75) is 38.3 Å². The summed E-state index contributed by atoms with van der Waals surface area (Å²) >= 11 is 0. The zero-order valence-corrected chi connectivity index (χ0v) is 13.9. The highest BCUT2D eigenvalue weighted by molar-refractivity contribution is 5.37. The number of hydrogen-bond donors (Lipinski definition) is 0. The summed E-state index contributed by atoms with van der Waals surface area (Å²) in [6.45, 7) is 5.22. The van der Waals surface area contributed by atoms with E-state index in [0.717, 1.165) is 42.7 Å².